The van der Waals surface area contributed by atoms with E-state index < -0.39 is 0 Å². The highest BCUT2D eigenvalue weighted by Gasteiger charge is 2.23. The van der Waals surface area contributed by atoms with Gasteiger partial charge in [0, 0.05) is 18.0 Å². The van der Waals surface area contributed by atoms with Crippen LogP contribution in [-0.4, -0.2) is 9.78 Å². The van der Waals surface area contributed by atoms with Gasteiger partial charge >= 0.3 is 0 Å². The Morgan fingerprint density at radius 2 is 2.21 bits per heavy atom. The zero-order valence-corrected chi connectivity index (χ0v) is 11.9. The van der Waals surface area contributed by atoms with Gasteiger partial charge in [-0.1, -0.05) is 18.2 Å². The maximum atomic E-state index is 5.73. The fourth-order valence-corrected chi connectivity index (χ4v) is 2.86. The fourth-order valence-electron chi connectivity index (χ4n) is 2.28. The smallest absolute Gasteiger partial charge is 0.134 e. The van der Waals surface area contributed by atoms with Crippen molar-refractivity contribution in [3.05, 3.63) is 52.5 Å². The minimum atomic E-state index is -0.189. The predicted octanol–water partition coefficient (Wildman–Crippen LogP) is 2.48. The van der Waals surface area contributed by atoms with Crippen LogP contribution in [-0.2, 0) is 7.05 Å². The summed E-state index contributed by atoms with van der Waals surface area (Å²) in [6, 6.07) is 7.69. The number of aromatic nitrogens is 2. The standard InChI is InChI=1S/C13H13BrN4O/c1-18-13(10(14)6-16-18)12(17-15)9-7-19-11-5-3-2-4-8(9)11/h2-7,12,17H,15H2,1H3. The number of nitrogens with one attached hydrogen (secondary N) is 1. The molecule has 0 saturated heterocycles. The van der Waals surface area contributed by atoms with Crippen molar-refractivity contribution in [2.24, 2.45) is 12.9 Å². The van der Waals surface area contributed by atoms with Gasteiger partial charge in [-0.3, -0.25) is 10.5 Å². The lowest BCUT2D eigenvalue weighted by molar-refractivity contribution is 0.556. The molecule has 0 spiro atoms. The van der Waals surface area contributed by atoms with Gasteiger partial charge in [0.25, 0.3) is 0 Å². The lowest BCUT2D eigenvalue weighted by atomic mass is 10.0. The monoisotopic (exact) mass is 320 g/mol. The predicted molar refractivity (Wildman–Crippen MR) is 76.3 cm³/mol. The van der Waals surface area contributed by atoms with E-state index in [2.05, 4.69) is 26.5 Å². The molecular weight excluding hydrogens is 308 g/mol. The van der Waals surface area contributed by atoms with Gasteiger partial charge in [0.2, 0.25) is 0 Å². The Bertz CT molecular complexity index is 699. The summed E-state index contributed by atoms with van der Waals surface area (Å²) in [7, 11) is 1.88. The van der Waals surface area contributed by atoms with Crippen LogP contribution in [0.15, 0.2) is 45.6 Å². The first kappa shape index (κ1) is 12.4. The molecule has 0 bridgehead atoms. The van der Waals surface area contributed by atoms with Crippen LogP contribution in [0, 0.1) is 0 Å². The average Bonchev–Trinajstić information content (AvgIpc) is 2.98. The highest BCUT2D eigenvalue weighted by Crippen LogP contribution is 2.32. The second-order valence-corrected chi connectivity index (χ2v) is 5.14. The Kier molecular flexibility index (Phi) is 3.14. The number of hydrazine groups is 1. The highest BCUT2D eigenvalue weighted by molar-refractivity contribution is 9.10. The third kappa shape index (κ3) is 1.98. The lowest BCUT2D eigenvalue weighted by Gasteiger charge is -2.16. The average molecular weight is 321 g/mol. The van der Waals surface area contributed by atoms with Crippen molar-refractivity contribution in [2.75, 3.05) is 0 Å². The molecule has 1 unspecified atom stereocenters. The largest absolute Gasteiger partial charge is 0.464 e. The van der Waals surface area contributed by atoms with Gasteiger partial charge in [0.1, 0.15) is 5.58 Å². The molecule has 3 aromatic rings. The van der Waals surface area contributed by atoms with Crippen LogP contribution in [0.2, 0.25) is 0 Å². The quantitative estimate of drug-likeness (QED) is 0.574. The molecule has 5 nitrogen and oxygen atoms in total. The topological polar surface area (TPSA) is 69.0 Å². The minimum Gasteiger partial charge on any atom is -0.464 e. The maximum Gasteiger partial charge on any atom is 0.134 e. The van der Waals surface area contributed by atoms with Crippen LogP contribution in [0.4, 0.5) is 0 Å². The highest BCUT2D eigenvalue weighted by atomic mass is 79.9. The molecule has 2 heterocycles. The summed E-state index contributed by atoms with van der Waals surface area (Å²) in [5.41, 5.74) is 5.61. The van der Waals surface area contributed by atoms with E-state index >= 15 is 0 Å². The van der Waals surface area contributed by atoms with Crippen molar-refractivity contribution in [1.29, 1.82) is 0 Å². The number of aryl methyl sites for hydroxylation is 1. The Morgan fingerprint density at radius 3 is 2.89 bits per heavy atom. The Labute approximate surface area is 118 Å². The van der Waals surface area contributed by atoms with Crippen LogP contribution in [0.1, 0.15) is 17.3 Å². The first-order valence-electron chi connectivity index (χ1n) is 5.82. The Balaban J connectivity index is 2.18. The van der Waals surface area contributed by atoms with E-state index in [1.165, 1.54) is 0 Å². The lowest BCUT2D eigenvalue weighted by Crippen LogP contribution is -2.30. The van der Waals surface area contributed by atoms with E-state index in [0.29, 0.717) is 0 Å². The van der Waals surface area contributed by atoms with Gasteiger partial charge in [-0.05, 0) is 22.0 Å². The molecule has 98 valence electrons. The first-order chi connectivity index (χ1) is 9.22. The van der Waals surface area contributed by atoms with Gasteiger partial charge in [0.15, 0.2) is 0 Å². The van der Waals surface area contributed by atoms with Crippen LogP contribution in [0.25, 0.3) is 11.0 Å². The van der Waals surface area contributed by atoms with E-state index in [4.69, 9.17) is 10.3 Å². The van der Waals surface area contributed by atoms with E-state index in [1.54, 1.807) is 17.1 Å². The maximum absolute atomic E-state index is 5.73. The molecular formula is C13H13BrN4O. The van der Waals surface area contributed by atoms with Crippen molar-refractivity contribution < 1.29 is 4.42 Å². The minimum absolute atomic E-state index is 0.189. The molecule has 3 N–H and O–H groups in total. The third-order valence-corrected chi connectivity index (χ3v) is 3.81. The Hall–Kier alpha value is -1.63. The Morgan fingerprint density at radius 1 is 1.42 bits per heavy atom. The molecule has 2 aromatic heterocycles. The van der Waals surface area contributed by atoms with Crippen LogP contribution in [0.5, 0.6) is 0 Å². The van der Waals surface area contributed by atoms with E-state index in [-0.39, 0.29) is 6.04 Å². The fraction of sp³-hybridized carbons (Fsp3) is 0.154. The van der Waals surface area contributed by atoms with Gasteiger partial charge in [-0.2, -0.15) is 5.10 Å². The van der Waals surface area contributed by atoms with E-state index in [0.717, 1.165) is 26.7 Å². The molecule has 3 rings (SSSR count). The molecule has 6 heteroatoms. The van der Waals surface area contributed by atoms with Crippen molar-refractivity contribution in [2.45, 2.75) is 6.04 Å². The number of hydrogen-bond donors (Lipinski definition) is 2. The number of para-hydroxylation sites is 1. The number of rotatable bonds is 3. The van der Waals surface area contributed by atoms with Gasteiger partial charge in [-0.15, -0.1) is 0 Å². The van der Waals surface area contributed by atoms with Crippen LogP contribution in [0.3, 0.4) is 0 Å². The number of furan rings is 1. The molecule has 0 aliphatic carbocycles. The molecule has 0 fully saturated rings. The SMILES string of the molecule is Cn1ncc(Br)c1C(NN)c1coc2ccccc12. The molecule has 0 amide bonds. The molecule has 1 atom stereocenters. The zero-order valence-electron chi connectivity index (χ0n) is 10.3. The van der Waals surface area contributed by atoms with Gasteiger partial charge in [0.05, 0.1) is 28.7 Å². The van der Waals surface area contributed by atoms with Crippen LogP contribution < -0.4 is 11.3 Å². The summed E-state index contributed by atoms with van der Waals surface area (Å²) in [5.74, 6) is 5.73. The number of hydrogen-bond acceptors (Lipinski definition) is 4. The summed E-state index contributed by atoms with van der Waals surface area (Å²) in [6.45, 7) is 0. The van der Waals surface area contributed by atoms with Crippen molar-refractivity contribution in [3.63, 3.8) is 0 Å². The molecule has 0 aliphatic heterocycles. The third-order valence-electron chi connectivity index (χ3n) is 3.20. The zero-order chi connectivity index (χ0) is 13.4. The summed E-state index contributed by atoms with van der Waals surface area (Å²) in [4.78, 5) is 0. The van der Waals surface area contributed by atoms with Crippen molar-refractivity contribution >= 4 is 26.9 Å². The summed E-state index contributed by atoms with van der Waals surface area (Å²) in [5, 5.41) is 5.26. The van der Waals surface area contributed by atoms with Gasteiger partial charge in [-0.25, -0.2) is 5.43 Å². The summed E-state index contributed by atoms with van der Waals surface area (Å²) < 4.78 is 8.26. The van der Waals surface area contributed by atoms with Crippen molar-refractivity contribution in [1.82, 2.24) is 15.2 Å². The number of benzene rings is 1. The number of fused-ring (bicyclic) bond motifs is 1. The second kappa shape index (κ2) is 4.80. The number of nitrogens with two attached hydrogens (primary N) is 1. The van der Waals surface area contributed by atoms with Crippen molar-refractivity contribution in [3.8, 4) is 0 Å². The number of nitrogens with zero attached hydrogens (tertiary/aromatic N) is 2. The second-order valence-electron chi connectivity index (χ2n) is 4.29. The number of halogens is 1. The molecule has 0 radical (unpaired) electrons. The first-order valence-corrected chi connectivity index (χ1v) is 6.61. The van der Waals surface area contributed by atoms with Crippen LogP contribution >= 0.6 is 15.9 Å². The van der Waals surface area contributed by atoms with Gasteiger partial charge < -0.3 is 4.42 Å². The molecule has 1 aromatic carbocycles. The summed E-state index contributed by atoms with van der Waals surface area (Å²) >= 11 is 3.50. The molecule has 19 heavy (non-hydrogen) atoms. The molecule has 0 aliphatic rings. The van der Waals surface area contributed by atoms with E-state index in [1.807, 2.05) is 31.3 Å². The molecule has 0 saturated carbocycles. The summed E-state index contributed by atoms with van der Waals surface area (Å²) in [6.07, 6.45) is 3.48. The normalized spacial score (nSPS) is 13.0. The van der Waals surface area contributed by atoms with E-state index in [9.17, 15) is 0 Å².